The highest BCUT2D eigenvalue weighted by molar-refractivity contribution is 6.00. The summed E-state index contributed by atoms with van der Waals surface area (Å²) in [5, 5.41) is 77.0. The van der Waals surface area contributed by atoms with Gasteiger partial charge in [0.05, 0.1) is 35.1 Å². The smallest absolute Gasteiger partial charge is 0.187 e. The third-order valence-corrected chi connectivity index (χ3v) is 10.7. The zero-order valence-electron chi connectivity index (χ0n) is 21.7. The topological polar surface area (TPSA) is 159 Å². The first kappa shape index (κ1) is 27.2. The maximum Gasteiger partial charge on any atom is 0.187 e. The summed E-state index contributed by atoms with van der Waals surface area (Å²) in [5.74, 6) is -1.38. The van der Waals surface area contributed by atoms with E-state index in [1.165, 1.54) is 6.08 Å². The molecule has 0 aliphatic heterocycles. The predicted molar refractivity (Wildman–Crippen MR) is 128 cm³/mol. The molecule has 0 aromatic heterocycles. The first-order chi connectivity index (χ1) is 15.8. The fourth-order valence-corrected chi connectivity index (χ4v) is 8.31. The van der Waals surface area contributed by atoms with E-state index in [9.17, 15) is 40.5 Å². The molecule has 4 aliphatic rings. The molecular formula is C27H44O8. The van der Waals surface area contributed by atoms with Crippen molar-refractivity contribution in [1.29, 1.82) is 0 Å². The Kier molecular flexibility index (Phi) is 6.26. The lowest BCUT2D eigenvalue weighted by Gasteiger charge is -2.62. The largest absolute Gasteiger partial charge is 0.390 e. The molecule has 0 radical (unpaired) electrons. The van der Waals surface area contributed by atoms with E-state index in [1.54, 1.807) is 27.7 Å². The molecule has 3 saturated carbocycles. The quantitative estimate of drug-likeness (QED) is 0.297. The van der Waals surface area contributed by atoms with E-state index < -0.39 is 63.2 Å². The summed E-state index contributed by atoms with van der Waals surface area (Å²) in [6, 6.07) is 0. The Morgan fingerprint density at radius 3 is 2.17 bits per heavy atom. The summed E-state index contributed by atoms with van der Waals surface area (Å²) in [7, 11) is 0. The van der Waals surface area contributed by atoms with Crippen LogP contribution in [0.25, 0.3) is 0 Å². The monoisotopic (exact) mass is 496 g/mol. The van der Waals surface area contributed by atoms with E-state index in [0.29, 0.717) is 37.7 Å². The molecule has 0 unspecified atom stereocenters. The number of hydrogen-bond acceptors (Lipinski definition) is 8. The van der Waals surface area contributed by atoms with E-state index in [2.05, 4.69) is 0 Å². The van der Waals surface area contributed by atoms with Crippen LogP contribution in [0.5, 0.6) is 0 Å². The normalized spacial score (nSPS) is 48.3. The zero-order valence-corrected chi connectivity index (χ0v) is 21.7. The molecule has 35 heavy (non-hydrogen) atoms. The van der Waals surface area contributed by atoms with Crippen molar-refractivity contribution in [2.75, 3.05) is 0 Å². The molecule has 200 valence electrons. The van der Waals surface area contributed by atoms with E-state index in [-0.39, 0.29) is 25.2 Å². The third-order valence-electron chi connectivity index (χ3n) is 10.7. The molecule has 0 amide bonds. The summed E-state index contributed by atoms with van der Waals surface area (Å²) >= 11 is 0. The molecule has 4 aliphatic carbocycles. The number of aliphatic hydroxyl groups is 7. The second kappa shape index (κ2) is 8.06. The van der Waals surface area contributed by atoms with Crippen LogP contribution < -0.4 is 0 Å². The first-order valence-electron chi connectivity index (χ1n) is 13.0. The third kappa shape index (κ3) is 3.70. The lowest BCUT2D eigenvalue weighted by molar-refractivity contribution is -0.211. The zero-order chi connectivity index (χ0) is 26.4. The van der Waals surface area contributed by atoms with Crippen LogP contribution in [0.15, 0.2) is 11.6 Å². The number of rotatable bonds is 5. The van der Waals surface area contributed by atoms with E-state index >= 15 is 0 Å². The van der Waals surface area contributed by atoms with Crippen molar-refractivity contribution in [3.8, 4) is 0 Å². The molecule has 0 aromatic carbocycles. The van der Waals surface area contributed by atoms with Gasteiger partial charge in [0.15, 0.2) is 5.78 Å². The Bertz CT molecular complexity index is 907. The molecule has 0 heterocycles. The minimum absolute atomic E-state index is 0.0437. The van der Waals surface area contributed by atoms with Gasteiger partial charge in [-0.15, -0.1) is 0 Å². The van der Waals surface area contributed by atoms with Crippen LogP contribution in [0.4, 0.5) is 0 Å². The van der Waals surface area contributed by atoms with E-state index in [4.69, 9.17) is 0 Å². The molecule has 4 rings (SSSR count). The Morgan fingerprint density at radius 2 is 1.57 bits per heavy atom. The van der Waals surface area contributed by atoms with Gasteiger partial charge in [0.2, 0.25) is 0 Å². The Morgan fingerprint density at radius 1 is 0.971 bits per heavy atom. The van der Waals surface area contributed by atoms with Gasteiger partial charge in [-0.3, -0.25) is 4.79 Å². The summed E-state index contributed by atoms with van der Waals surface area (Å²) in [5.41, 5.74) is -7.07. The number of carbonyl (C=O) groups is 1. The van der Waals surface area contributed by atoms with Crippen LogP contribution in [-0.2, 0) is 4.79 Å². The molecule has 7 N–H and O–H groups in total. The van der Waals surface area contributed by atoms with Gasteiger partial charge in [-0.1, -0.05) is 13.8 Å². The molecule has 0 saturated heterocycles. The van der Waals surface area contributed by atoms with Crippen LogP contribution in [0.3, 0.4) is 0 Å². The van der Waals surface area contributed by atoms with Crippen LogP contribution >= 0.6 is 0 Å². The van der Waals surface area contributed by atoms with Crippen molar-refractivity contribution in [1.82, 2.24) is 0 Å². The van der Waals surface area contributed by atoms with Crippen molar-refractivity contribution >= 4 is 5.78 Å². The van der Waals surface area contributed by atoms with Crippen molar-refractivity contribution in [2.45, 2.75) is 127 Å². The molecule has 0 bridgehead atoms. The lowest BCUT2D eigenvalue weighted by Crippen LogP contribution is -2.69. The number of hydrogen-bond donors (Lipinski definition) is 7. The Balaban J connectivity index is 1.70. The maximum atomic E-state index is 13.3. The molecule has 10 atom stereocenters. The number of fused-ring (bicyclic) bond motifs is 5. The highest BCUT2D eigenvalue weighted by Gasteiger charge is 2.71. The standard InChI is InChI=1S/C27H44O8/c1-22(2,32)9-8-20(30)25(5,33)19-7-11-26(34)16-12-21(31)27(35)14-18(29)17(28)13-24(27,4)15(16)6-10-23(19,26)3/h12,15,17-20,28-30,32-35H,6-11,13-14H2,1-5H3/t15-,17-,18+,19-,20+,23-,24+,25+,26+,27-/m0/s1. The van der Waals surface area contributed by atoms with Crippen LogP contribution in [0, 0.1) is 22.7 Å². The summed E-state index contributed by atoms with van der Waals surface area (Å²) in [4.78, 5) is 13.3. The van der Waals surface area contributed by atoms with Gasteiger partial charge in [0.1, 0.15) is 5.60 Å². The highest BCUT2D eigenvalue weighted by Crippen LogP contribution is 2.69. The average Bonchev–Trinajstić information content (AvgIpc) is 3.01. The maximum absolute atomic E-state index is 13.3. The van der Waals surface area contributed by atoms with Gasteiger partial charge in [-0.25, -0.2) is 0 Å². The minimum Gasteiger partial charge on any atom is -0.390 e. The number of carbonyl (C=O) groups excluding carboxylic acids is 1. The predicted octanol–water partition coefficient (Wildman–Crippen LogP) is 0.969. The SMILES string of the molecule is CC(C)(O)CC[C@@H](O)[C@](C)(O)[C@H]1CC[C@@]2(O)C3=CC(=O)[C@@]4(O)C[C@@H](O)[C@@H](O)C[C@]4(C)[C@H]3CC[C@@]12C. The highest BCUT2D eigenvalue weighted by atomic mass is 16.3. The summed E-state index contributed by atoms with van der Waals surface area (Å²) in [6.07, 6.45) is 0.0884. The van der Waals surface area contributed by atoms with Crippen molar-refractivity contribution < 1.29 is 40.5 Å². The summed E-state index contributed by atoms with van der Waals surface area (Å²) < 4.78 is 0. The fraction of sp³-hybridized carbons (Fsp3) is 0.889. The average molecular weight is 497 g/mol. The Labute approximate surface area is 207 Å². The van der Waals surface area contributed by atoms with Crippen molar-refractivity contribution in [2.24, 2.45) is 22.7 Å². The van der Waals surface area contributed by atoms with Gasteiger partial charge in [0, 0.05) is 17.3 Å². The summed E-state index contributed by atoms with van der Waals surface area (Å²) in [6.45, 7) is 8.58. The van der Waals surface area contributed by atoms with Crippen LogP contribution in [0.2, 0.25) is 0 Å². The molecule has 0 aromatic rings. The van der Waals surface area contributed by atoms with Crippen molar-refractivity contribution in [3.63, 3.8) is 0 Å². The molecule has 8 nitrogen and oxygen atoms in total. The van der Waals surface area contributed by atoms with Gasteiger partial charge >= 0.3 is 0 Å². The molecule has 3 fully saturated rings. The van der Waals surface area contributed by atoms with E-state index in [1.807, 2.05) is 6.92 Å². The number of aliphatic hydroxyl groups excluding tert-OH is 3. The van der Waals surface area contributed by atoms with Crippen molar-refractivity contribution in [3.05, 3.63) is 11.6 Å². The molecular weight excluding hydrogens is 452 g/mol. The van der Waals surface area contributed by atoms with Crippen LogP contribution in [-0.4, -0.2) is 82.2 Å². The Hall–Kier alpha value is -0.870. The second-order valence-corrected chi connectivity index (χ2v) is 13.3. The first-order valence-corrected chi connectivity index (χ1v) is 13.0. The van der Waals surface area contributed by atoms with Gasteiger partial charge in [-0.05, 0) is 89.2 Å². The van der Waals surface area contributed by atoms with Gasteiger partial charge in [0.25, 0.3) is 0 Å². The lowest BCUT2D eigenvalue weighted by atomic mass is 9.44. The number of ketones is 1. The van der Waals surface area contributed by atoms with Gasteiger partial charge in [-0.2, -0.15) is 0 Å². The minimum atomic E-state index is -1.82. The molecule has 0 spiro atoms. The van der Waals surface area contributed by atoms with Crippen LogP contribution in [0.1, 0.15) is 86.0 Å². The fourth-order valence-electron chi connectivity index (χ4n) is 8.31. The van der Waals surface area contributed by atoms with Gasteiger partial charge < -0.3 is 35.7 Å². The van der Waals surface area contributed by atoms with E-state index in [0.717, 1.165) is 0 Å². The second-order valence-electron chi connectivity index (χ2n) is 13.3. The molecule has 8 heteroatoms.